The van der Waals surface area contributed by atoms with E-state index in [4.69, 9.17) is 4.99 Å². The van der Waals surface area contributed by atoms with Gasteiger partial charge in [0.2, 0.25) is 0 Å². The third kappa shape index (κ3) is 3.61. The summed E-state index contributed by atoms with van der Waals surface area (Å²) in [5, 5.41) is 3.53. The van der Waals surface area contributed by atoms with Crippen LogP contribution in [0.5, 0.6) is 0 Å². The first-order valence-corrected chi connectivity index (χ1v) is 9.88. The lowest BCUT2D eigenvalue weighted by Crippen LogP contribution is -2.55. The molecule has 1 aromatic rings. The minimum Gasteiger partial charge on any atom is -0.331 e. The van der Waals surface area contributed by atoms with E-state index in [2.05, 4.69) is 41.0 Å². The summed E-state index contributed by atoms with van der Waals surface area (Å²) >= 11 is 0. The summed E-state index contributed by atoms with van der Waals surface area (Å²) in [6.07, 6.45) is 4.58. The largest absolute Gasteiger partial charge is 0.331 e. The molecule has 28 heavy (non-hydrogen) atoms. The van der Waals surface area contributed by atoms with E-state index in [1.54, 1.807) is 6.07 Å². The zero-order valence-electron chi connectivity index (χ0n) is 16.6. The molecule has 1 unspecified atom stereocenters. The van der Waals surface area contributed by atoms with Crippen molar-refractivity contribution >= 4 is 12.4 Å². The summed E-state index contributed by atoms with van der Waals surface area (Å²) in [4.78, 5) is 13.8. The Morgan fingerprint density at radius 2 is 1.96 bits per heavy atom. The van der Waals surface area contributed by atoms with Crippen molar-refractivity contribution < 1.29 is 8.78 Å². The van der Waals surface area contributed by atoms with Crippen LogP contribution in [-0.4, -0.2) is 67.3 Å². The Labute approximate surface area is 164 Å². The summed E-state index contributed by atoms with van der Waals surface area (Å²) in [7, 11) is 2.06. The molecule has 0 saturated carbocycles. The first-order valence-electron chi connectivity index (χ1n) is 9.88. The van der Waals surface area contributed by atoms with E-state index in [-0.39, 0.29) is 24.3 Å². The highest BCUT2D eigenvalue weighted by molar-refractivity contribution is 5.93. The number of likely N-dealkylation sites (tertiary alicyclic amines) is 1. The van der Waals surface area contributed by atoms with Gasteiger partial charge in [-0.05, 0) is 50.6 Å². The summed E-state index contributed by atoms with van der Waals surface area (Å²) in [6.45, 7) is 6.57. The van der Waals surface area contributed by atoms with Gasteiger partial charge in [0.1, 0.15) is 0 Å². The number of allylic oxidation sites excluding steroid dienone is 1. The van der Waals surface area contributed by atoms with Gasteiger partial charge in [0, 0.05) is 44.0 Å². The van der Waals surface area contributed by atoms with Crippen molar-refractivity contribution in [2.24, 2.45) is 9.98 Å². The third-order valence-electron chi connectivity index (χ3n) is 5.65. The Bertz CT molecular complexity index is 832. The molecule has 3 atom stereocenters. The molecule has 1 aromatic carbocycles. The van der Waals surface area contributed by atoms with Crippen LogP contribution in [0.2, 0.25) is 0 Å². The number of hydrogen-bond donors (Lipinski definition) is 1. The van der Waals surface area contributed by atoms with Crippen LogP contribution in [0, 0.1) is 11.6 Å². The van der Waals surface area contributed by atoms with Crippen molar-refractivity contribution in [3.05, 3.63) is 46.7 Å². The van der Waals surface area contributed by atoms with Crippen molar-refractivity contribution in [2.75, 3.05) is 26.7 Å². The van der Waals surface area contributed by atoms with Crippen LogP contribution >= 0.6 is 0 Å². The minimum absolute atomic E-state index is 0.0499. The van der Waals surface area contributed by atoms with Crippen LogP contribution < -0.4 is 5.32 Å². The highest BCUT2D eigenvalue weighted by Gasteiger charge is 2.41. The number of rotatable bonds is 4. The molecular formula is C21H27F2N5. The fourth-order valence-corrected chi connectivity index (χ4v) is 4.39. The summed E-state index contributed by atoms with van der Waals surface area (Å²) in [5.41, 5.74) is 3.10. The zero-order valence-corrected chi connectivity index (χ0v) is 16.6. The molecule has 7 heteroatoms. The van der Waals surface area contributed by atoms with E-state index in [9.17, 15) is 8.78 Å². The van der Waals surface area contributed by atoms with Gasteiger partial charge in [-0.15, -0.1) is 0 Å². The number of halogens is 2. The Hall–Kier alpha value is -2.12. The molecule has 0 aliphatic carbocycles. The lowest BCUT2D eigenvalue weighted by atomic mass is 9.91. The van der Waals surface area contributed by atoms with Crippen LogP contribution in [0.15, 0.2) is 39.5 Å². The van der Waals surface area contributed by atoms with Gasteiger partial charge < -0.3 is 9.80 Å². The fraction of sp³-hybridized carbons (Fsp3) is 0.524. The summed E-state index contributed by atoms with van der Waals surface area (Å²) < 4.78 is 27.4. The first kappa shape index (κ1) is 19.2. The maximum absolute atomic E-state index is 13.9. The standard InChI is InChI=1S/C21H27F2N5/c1-13(2)26-21-25-9-15-6-7-24-10-19(15)28(21)20-12-27(3)11-16(20)14-4-5-17(22)18(23)8-14/h4-5,8-10,13,16,20-21,26H,6-7,11-12H2,1-3H3/t16-,20+,21?/m0/s1. The maximum atomic E-state index is 13.9. The van der Waals surface area contributed by atoms with Gasteiger partial charge >= 0.3 is 0 Å². The third-order valence-corrected chi connectivity index (χ3v) is 5.65. The average Bonchev–Trinajstić information content (AvgIpc) is 3.04. The van der Waals surface area contributed by atoms with E-state index in [0.29, 0.717) is 0 Å². The van der Waals surface area contributed by atoms with Gasteiger partial charge in [-0.2, -0.15) is 0 Å². The summed E-state index contributed by atoms with van der Waals surface area (Å²) in [5.74, 6) is -1.55. The Kier molecular flexibility index (Phi) is 5.29. The smallest absolute Gasteiger partial charge is 0.176 e. The number of nitrogens with zero attached hydrogens (tertiary/aromatic N) is 4. The molecule has 0 bridgehead atoms. The number of dihydropyridines is 1. The lowest BCUT2D eigenvalue weighted by molar-refractivity contribution is 0.150. The number of benzene rings is 1. The second kappa shape index (κ2) is 7.72. The maximum Gasteiger partial charge on any atom is 0.176 e. The van der Waals surface area contributed by atoms with Crippen molar-refractivity contribution in [1.29, 1.82) is 0 Å². The van der Waals surface area contributed by atoms with E-state index < -0.39 is 11.6 Å². The highest BCUT2D eigenvalue weighted by atomic mass is 19.2. The molecule has 0 amide bonds. The fourth-order valence-electron chi connectivity index (χ4n) is 4.39. The molecule has 0 radical (unpaired) electrons. The Balaban J connectivity index is 1.73. The highest BCUT2D eigenvalue weighted by Crippen LogP contribution is 2.36. The Morgan fingerprint density at radius 3 is 2.71 bits per heavy atom. The van der Waals surface area contributed by atoms with E-state index in [0.717, 1.165) is 37.3 Å². The van der Waals surface area contributed by atoms with E-state index >= 15 is 0 Å². The number of nitrogens with one attached hydrogen (secondary N) is 1. The monoisotopic (exact) mass is 387 g/mol. The minimum atomic E-state index is -0.807. The number of hydrogen-bond acceptors (Lipinski definition) is 5. The van der Waals surface area contributed by atoms with Crippen LogP contribution in [0.4, 0.5) is 8.78 Å². The Morgan fingerprint density at radius 1 is 1.14 bits per heavy atom. The topological polar surface area (TPSA) is 43.2 Å². The molecule has 4 rings (SSSR count). The second-order valence-corrected chi connectivity index (χ2v) is 8.14. The number of aliphatic imine (C=N–C) groups is 2. The van der Waals surface area contributed by atoms with Gasteiger partial charge in [-0.3, -0.25) is 15.3 Å². The molecular weight excluding hydrogens is 360 g/mol. The number of likely N-dealkylation sites (N-methyl/N-ethyl adjacent to an activating group) is 1. The predicted octanol–water partition coefficient (Wildman–Crippen LogP) is 2.76. The molecule has 3 aliphatic heterocycles. The molecule has 3 heterocycles. The van der Waals surface area contributed by atoms with Crippen LogP contribution in [-0.2, 0) is 0 Å². The van der Waals surface area contributed by atoms with Crippen molar-refractivity contribution in [2.45, 2.75) is 44.6 Å². The van der Waals surface area contributed by atoms with Gasteiger partial charge in [0.05, 0.1) is 11.7 Å². The SMILES string of the molecule is CC(C)NC1N=CC2=C(C=NCC2)N1[C@@H]1CN(C)C[C@H]1c1ccc(F)c(F)c1. The normalized spacial score (nSPS) is 27.8. The van der Waals surface area contributed by atoms with Crippen LogP contribution in [0.25, 0.3) is 0 Å². The molecule has 150 valence electrons. The summed E-state index contributed by atoms with van der Waals surface area (Å²) in [6, 6.07) is 4.61. The van der Waals surface area contributed by atoms with Gasteiger partial charge in [0.25, 0.3) is 0 Å². The van der Waals surface area contributed by atoms with E-state index in [1.807, 2.05) is 12.4 Å². The van der Waals surface area contributed by atoms with Crippen LogP contribution in [0.1, 0.15) is 31.7 Å². The van der Waals surface area contributed by atoms with Crippen molar-refractivity contribution in [3.63, 3.8) is 0 Å². The average molecular weight is 387 g/mol. The molecule has 1 N–H and O–H groups in total. The quantitative estimate of drug-likeness (QED) is 0.864. The molecule has 0 spiro atoms. The predicted molar refractivity (Wildman–Crippen MR) is 108 cm³/mol. The van der Waals surface area contributed by atoms with Gasteiger partial charge in [0.15, 0.2) is 17.9 Å². The first-order chi connectivity index (χ1) is 13.4. The van der Waals surface area contributed by atoms with Crippen molar-refractivity contribution in [3.8, 4) is 0 Å². The van der Waals surface area contributed by atoms with Gasteiger partial charge in [-0.25, -0.2) is 8.78 Å². The molecule has 1 saturated heterocycles. The van der Waals surface area contributed by atoms with Crippen LogP contribution in [0.3, 0.4) is 0 Å². The molecule has 0 aromatic heterocycles. The van der Waals surface area contributed by atoms with E-state index in [1.165, 1.54) is 17.7 Å². The molecule has 5 nitrogen and oxygen atoms in total. The molecule has 3 aliphatic rings. The second-order valence-electron chi connectivity index (χ2n) is 8.14. The zero-order chi connectivity index (χ0) is 19.8. The van der Waals surface area contributed by atoms with Gasteiger partial charge in [-0.1, -0.05) is 6.07 Å². The molecule has 1 fully saturated rings. The van der Waals surface area contributed by atoms with Crippen molar-refractivity contribution in [1.82, 2.24) is 15.1 Å². The lowest BCUT2D eigenvalue weighted by Gasteiger charge is -2.43.